The maximum atomic E-state index is 13.3. The first kappa shape index (κ1) is 14.3. The highest BCUT2D eigenvalue weighted by Crippen LogP contribution is 2.29. The molecule has 0 amide bonds. The van der Waals surface area contributed by atoms with Gasteiger partial charge in [-0.3, -0.25) is 4.90 Å². The van der Waals surface area contributed by atoms with Crippen molar-refractivity contribution in [3.05, 3.63) is 34.1 Å². The summed E-state index contributed by atoms with van der Waals surface area (Å²) in [7, 11) is 0. The van der Waals surface area contributed by atoms with E-state index in [4.69, 9.17) is 5.73 Å². The largest absolute Gasteiger partial charge is 0.329 e. The van der Waals surface area contributed by atoms with E-state index in [1.54, 1.807) is 0 Å². The van der Waals surface area contributed by atoms with E-state index in [2.05, 4.69) is 27.8 Å². The average molecular weight is 333 g/mol. The first-order valence-electron chi connectivity index (χ1n) is 6.12. The van der Waals surface area contributed by atoms with Crippen molar-refractivity contribution >= 4 is 27.7 Å². The molecule has 0 spiro atoms. The minimum Gasteiger partial charge on any atom is -0.329 e. The second-order valence-corrected chi connectivity index (χ2v) is 6.59. The molecule has 1 aliphatic rings. The summed E-state index contributed by atoms with van der Waals surface area (Å²) in [5.74, 6) is 2.05. The van der Waals surface area contributed by atoms with E-state index in [0.29, 0.717) is 17.1 Å². The highest BCUT2D eigenvalue weighted by molar-refractivity contribution is 9.10. The molecule has 0 aliphatic carbocycles. The van der Waals surface area contributed by atoms with E-state index in [1.807, 2.05) is 23.9 Å². The molecule has 0 saturated carbocycles. The van der Waals surface area contributed by atoms with Gasteiger partial charge in [-0.25, -0.2) is 4.39 Å². The average Bonchev–Trinajstić information content (AvgIpc) is 2.37. The summed E-state index contributed by atoms with van der Waals surface area (Å²) in [5, 5.41) is 0. The molecule has 1 aliphatic heterocycles. The van der Waals surface area contributed by atoms with Crippen LogP contribution in [0.4, 0.5) is 4.39 Å². The molecular weight excluding hydrogens is 315 g/mol. The van der Waals surface area contributed by atoms with Crippen molar-refractivity contribution in [2.45, 2.75) is 19.0 Å². The Morgan fingerprint density at radius 2 is 2.39 bits per heavy atom. The molecule has 0 bridgehead atoms. The van der Waals surface area contributed by atoms with Crippen molar-refractivity contribution in [3.63, 3.8) is 0 Å². The highest BCUT2D eigenvalue weighted by atomic mass is 79.9. The Morgan fingerprint density at radius 1 is 1.61 bits per heavy atom. The molecule has 1 fully saturated rings. The summed E-state index contributed by atoms with van der Waals surface area (Å²) >= 11 is 5.23. The number of benzene rings is 1. The normalized spacial score (nSPS) is 23.0. The van der Waals surface area contributed by atoms with E-state index in [1.165, 1.54) is 6.07 Å². The van der Waals surface area contributed by atoms with E-state index in [-0.39, 0.29) is 11.9 Å². The predicted octanol–water partition coefficient (Wildman–Crippen LogP) is 3.03. The number of hydrogen-bond acceptors (Lipinski definition) is 3. The van der Waals surface area contributed by atoms with Crippen LogP contribution >= 0.6 is 27.7 Å². The van der Waals surface area contributed by atoms with Gasteiger partial charge in [-0.1, -0.05) is 6.07 Å². The van der Waals surface area contributed by atoms with Crippen LogP contribution in [0.25, 0.3) is 0 Å². The summed E-state index contributed by atoms with van der Waals surface area (Å²) in [6.07, 6.45) is 0. The van der Waals surface area contributed by atoms with Gasteiger partial charge in [0.25, 0.3) is 0 Å². The van der Waals surface area contributed by atoms with Crippen molar-refractivity contribution in [1.29, 1.82) is 0 Å². The molecule has 2 atom stereocenters. The van der Waals surface area contributed by atoms with Crippen molar-refractivity contribution < 1.29 is 4.39 Å². The third kappa shape index (κ3) is 3.07. The number of nitrogens with two attached hydrogens (primary N) is 1. The first-order valence-corrected chi connectivity index (χ1v) is 8.06. The van der Waals surface area contributed by atoms with Crippen LogP contribution in [0.15, 0.2) is 22.7 Å². The Hall–Kier alpha value is -0.100. The minimum atomic E-state index is -0.225. The fourth-order valence-corrected chi connectivity index (χ4v) is 3.82. The van der Waals surface area contributed by atoms with Crippen molar-refractivity contribution in [1.82, 2.24) is 4.90 Å². The summed E-state index contributed by atoms with van der Waals surface area (Å²) in [4.78, 5) is 2.43. The van der Waals surface area contributed by atoms with Crippen LogP contribution in [0.5, 0.6) is 0 Å². The smallest absolute Gasteiger partial charge is 0.137 e. The second kappa shape index (κ2) is 6.37. The fourth-order valence-electron chi connectivity index (χ4n) is 2.39. The van der Waals surface area contributed by atoms with Crippen LogP contribution in [-0.4, -0.2) is 35.5 Å². The van der Waals surface area contributed by atoms with Gasteiger partial charge >= 0.3 is 0 Å². The minimum absolute atomic E-state index is 0.179. The van der Waals surface area contributed by atoms with Gasteiger partial charge < -0.3 is 5.73 Å². The molecule has 100 valence electrons. The number of hydrogen-bond donors (Lipinski definition) is 1. The van der Waals surface area contributed by atoms with Crippen molar-refractivity contribution in [2.75, 3.05) is 24.6 Å². The zero-order chi connectivity index (χ0) is 13.1. The van der Waals surface area contributed by atoms with Crippen LogP contribution in [0, 0.1) is 5.82 Å². The van der Waals surface area contributed by atoms with Gasteiger partial charge in [-0.05, 0) is 40.5 Å². The van der Waals surface area contributed by atoms with Gasteiger partial charge in [0.1, 0.15) is 5.82 Å². The molecule has 1 saturated heterocycles. The summed E-state index contributed by atoms with van der Waals surface area (Å²) in [5.41, 5.74) is 7.02. The summed E-state index contributed by atoms with van der Waals surface area (Å²) in [6, 6.07) is 5.89. The lowest BCUT2D eigenvalue weighted by Gasteiger charge is -2.39. The Balaban J connectivity index is 2.23. The van der Waals surface area contributed by atoms with Gasteiger partial charge in [0.2, 0.25) is 0 Å². The van der Waals surface area contributed by atoms with E-state index in [0.717, 1.165) is 23.6 Å². The van der Waals surface area contributed by atoms with Crippen LogP contribution in [-0.2, 0) is 0 Å². The van der Waals surface area contributed by atoms with Crippen LogP contribution in [0.1, 0.15) is 18.5 Å². The standard InChI is InChI=1S/C13H18BrFN2S/c1-9-8-18-5-4-17(9)13(7-16)10-2-3-12(15)11(14)6-10/h2-3,6,9,13H,4-5,7-8,16H2,1H3. The maximum Gasteiger partial charge on any atom is 0.137 e. The number of thioether (sulfide) groups is 1. The molecule has 1 aromatic rings. The molecular formula is C13H18BrFN2S. The van der Waals surface area contributed by atoms with E-state index in [9.17, 15) is 4.39 Å². The third-order valence-electron chi connectivity index (χ3n) is 3.37. The van der Waals surface area contributed by atoms with E-state index < -0.39 is 0 Å². The summed E-state index contributed by atoms with van der Waals surface area (Å²) in [6.45, 7) is 3.84. The molecule has 0 radical (unpaired) electrons. The lowest BCUT2D eigenvalue weighted by Crippen LogP contribution is -2.45. The highest BCUT2D eigenvalue weighted by Gasteiger charge is 2.26. The zero-order valence-corrected chi connectivity index (χ0v) is 12.8. The summed E-state index contributed by atoms with van der Waals surface area (Å²) < 4.78 is 13.8. The van der Waals surface area contributed by atoms with Gasteiger partial charge in [0, 0.05) is 36.7 Å². The molecule has 1 heterocycles. The number of nitrogens with zero attached hydrogens (tertiary/aromatic N) is 1. The van der Waals surface area contributed by atoms with Gasteiger partial charge in [-0.15, -0.1) is 0 Å². The Morgan fingerprint density at radius 3 is 3.00 bits per heavy atom. The lowest BCUT2D eigenvalue weighted by atomic mass is 10.0. The topological polar surface area (TPSA) is 29.3 Å². The third-order valence-corrected chi connectivity index (χ3v) is 5.17. The Bertz CT molecular complexity index is 416. The zero-order valence-electron chi connectivity index (χ0n) is 10.4. The van der Waals surface area contributed by atoms with Gasteiger partial charge in [0.15, 0.2) is 0 Å². The molecule has 2 rings (SSSR count). The van der Waals surface area contributed by atoms with Crippen LogP contribution < -0.4 is 5.73 Å². The Labute approximate surface area is 120 Å². The molecule has 1 aromatic carbocycles. The van der Waals surface area contributed by atoms with Crippen molar-refractivity contribution in [3.8, 4) is 0 Å². The lowest BCUT2D eigenvalue weighted by molar-refractivity contribution is 0.166. The maximum absolute atomic E-state index is 13.3. The molecule has 2 N–H and O–H groups in total. The molecule has 2 unspecified atom stereocenters. The van der Waals surface area contributed by atoms with Gasteiger partial charge in [0.05, 0.1) is 4.47 Å². The molecule has 0 aromatic heterocycles. The first-order chi connectivity index (χ1) is 8.63. The quantitative estimate of drug-likeness (QED) is 0.922. The van der Waals surface area contributed by atoms with Gasteiger partial charge in [-0.2, -0.15) is 11.8 Å². The number of rotatable bonds is 3. The molecule has 18 heavy (non-hydrogen) atoms. The second-order valence-electron chi connectivity index (χ2n) is 4.59. The predicted molar refractivity (Wildman–Crippen MR) is 79.4 cm³/mol. The number of halogens is 2. The Kier molecular flexibility index (Phi) is 5.06. The van der Waals surface area contributed by atoms with E-state index >= 15 is 0 Å². The SMILES string of the molecule is CC1CSCCN1C(CN)c1ccc(F)c(Br)c1. The monoisotopic (exact) mass is 332 g/mol. The van der Waals surface area contributed by atoms with Crippen LogP contribution in [0.2, 0.25) is 0 Å². The van der Waals surface area contributed by atoms with Crippen molar-refractivity contribution in [2.24, 2.45) is 5.73 Å². The van der Waals surface area contributed by atoms with Crippen LogP contribution in [0.3, 0.4) is 0 Å². The molecule has 2 nitrogen and oxygen atoms in total. The molecule has 5 heteroatoms. The fraction of sp³-hybridized carbons (Fsp3) is 0.538.